The molecule has 0 radical (unpaired) electrons. The number of phenols is 1. The van der Waals surface area contributed by atoms with Gasteiger partial charge in [0, 0.05) is 11.4 Å². The van der Waals surface area contributed by atoms with Crippen LogP contribution in [-0.4, -0.2) is 31.8 Å². The number of nitrogens with zero attached hydrogens (tertiary/aromatic N) is 3. The second-order valence-corrected chi connectivity index (χ2v) is 6.93. The first-order valence-corrected chi connectivity index (χ1v) is 9.69. The molecule has 2 aromatic rings. The molecule has 0 aliphatic rings. The van der Waals surface area contributed by atoms with Gasteiger partial charge in [-0.1, -0.05) is 38.8 Å². The highest BCUT2D eigenvalue weighted by atomic mass is 16.3. The summed E-state index contributed by atoms with van der Waals surface area (Å²) in [5.41, 5.74) is 2.81. The number of hydrogen-bond acceptors (Lipinski definition) is 4. The maximum atomic E-state index is 10.00. The van der Waals surface area contributed by atoms with Crippen molar-refractivity contribution in [1.29, 1.82) is 0 Å². The molecule has 5 heteroatoms. The van der Waals surface area contributed by atoms with E-state index in [0.29, 0.717) is 17.1 Å². The quantitative estimate of drug-likeness (QED) is 0.468. The molecule has 1 aromatic carbocycles. The number of aromatic hydroxyl groups is 1. The van der Waals surface area contributed by atoms with Crippen molar-refractivity contribution in [2.45, 2.75) is 65.5 Å². The lowest BCUT2D eigenvalue weighted by atomic mass is 10.1. The summed E-state index contributed by atoms with van der Waals surface area (Å²) in [5.74, 6) is 0.195. The van der Waals surface area contributed by atoms with Gasteiger partial charge >= 0.3 is 0 Å². The minimum absolute atomic E-state index is 0.195. The molecule has 0 fully saturated rings. The molecule has 0 bridgehead atoms. The van der Waals surface area contributed by atoms with Gasteiger partial charge in [-0.25, -0.2) is 4.99 Å². The Morgan fingerprint density at radius 1 is 1.33 bits per heavy atom. The molecule has 0 spiro atoms. The lowest BCUT2D eigenvalue weighted by Gasteiger charge is -2.13. The van der Waals surface area contributed by atoms with Gasteiger partial charge in [-0.2, -0.15) is 5.10 Å². The molecular formula is C22H31N3O2. The van der Waals surface area contributed by atoms with Gasteiger partial charge in [-0.3, -0.25) is 4.68 Å². The largest absolute Gasteiger partial charge is 0.508 e. The van der Waals surface area contributed by atoms with Crippen LogP contribution in [0, 0.1) is 0 Å². The van der Waals surface area contributed by atoms with Gasteiger partial charge < -0.3 is 10.2 Å². The number of phenolic OH excluding ortho intramolecular Hbond substituents is 1. The predicted molar refractivity (Wildman–Crippen MR) is 113 cm³/mol. The minimum Gasteiger partial charge on any atom is -0.508 e. The number of unbranched alkanes of at least 4 members (excludes halogenated alkanes) is 2. The zero-order valence-corrected chi connectivity index (χ0v) is 16.8. The minimum atomic E-state index is -0.716. The molecule has 5 nitrogen and oxygen atoms in total. The molecule has 1 heterocycles. The van der Waals surface area contributed by atoms with E-state index in [1.165, 1.54) is 12.8 Å². The van der Waals surface area contributed by atoms with Crippen molar-refractivity contribution in [2.24, 2.45) is 4.99 Å². The second-order valence-electron chi connectivity index (χ2n) is 6.93. The maximum Gasteiger partial charge on any atom is 0.118 e. The molecule has 0 saturated heterocycles. The van der Waals surface area contributed by atoms with Gasteiger partial charge in [0.15, 0.2) is 0 Å². The Kier molecular flexibility index (Phi) is 7.36. The van der Waals surface area contributed by atoms with Crippen molar-refractivity contribution in [3.63, 3.8) is 0 Å². The summed E-state index contributed by atoms with van der Waals surface area (Å²) in [4.78, 5) is 4.56. The zero-order chi connectivity index (χ0) is 20.0. The lowest BCUT2D eigenvalue weighted by molar-refractivity contribution is 0.263. The summed E-state index contributed by atoms with van der Waals surface area (Å²) in [7, 11) is 0. The fraction of sp³-hybridized carbons (Fsp3) is 0.455. The molecule has 2 N–H and O–H groups in total. The SMILES string of the molecule is C=CC(=N/C(=C\C)c1nn(C(C)CCCCC)c2ccc(O)cc12)C(C)O. The number of aliphatic imine (C=N–C) groups is 1. The van der Waals surface area contributed by atoms with Crippen LogP contribution in [0.15, 0.2) is 41.9 Å². The van der Waals surface area contributed by atoms with Crippen LogP contribution in [-0.2, 0) is 0 Å². The molecule has 146 valence electrons. The molecule has 1 aromatic heterocycles. The molecule has 0 aliphatic heterocycles. The van der Waals surface area contributed by atoms with Gasteiger partial charge in [-0.15, -0.1) is 0 Å². The van der Waals surface area contributed by atoms with Gasteiger partial charge in [-0.05, 0) is 51.5 Å². The van der Waals surface area contributed by atoms with Crippen LogP contribution >= 0.6 is 0 Å². The maximum absolute atomic E-state index is 10.00. The Bertz CT molecular complexity index is 847. The Labute approximate surface area is 161 Å². The number of benzene rings is 1. The van der Waals surface area contributed by atoms with Crippen LogP contribution in [0.25, 0.3) is 16.6 Å². The van der Waals surface area contributed by atoms with Crippen LogP contribution in [0.5, 0.6) is 5.75 Å². The van der Waals surface area contributed by atoms with Crippen LogP contribution in [0.3, 0.4) is 0 Å². The molecule has 0 aliphatic carbocycles. The number of rotatable bonds is 9. The van der Waals surface area contributed by atoms with Crippen LogP contribution in [0.2, 0.25) is 0 Å². The number of allylic oxidation sites excluding steroid dienone is 1. The molecule has 27 heavy (non-hydrogen) atoms. The smallest absolute Gasteiger partial charge is 0.118 e. The molecule has 2 atom stereocenters. The summed E-state index contributed by atoms with van der Waals surface area (Å²) in [6.45, 7) is 11.6. The average molecular weight is 370 g/mol. The molecular weight excluding hydrogens is 338 g/mol. The van der Waals surface area contributed by atoms with Crippen molar-refractivity contribution < 1.29 is 10.2 Å². The Morgan fingerprint density at radius 3 is 2.67 bits per heavy atom. The lowest BCUT2D eigenvalue weighted by Crippen LogP contribution is -2.13. The monoisotopic (exact) mass is 369 g/mol. The van der Waals surface area contributed by atoms with Crippen molar-refractivity contribution in [1.82, 2.24) is 9.78 Å². The van der Waals surface area contributed by atoms with E-state index in [1.807, 2.05) is 23.7 Å². The fourth-order valence-corrected chi connectivity index (χ4v) is 3.17. The highest BCUT2D eigenvalue weighted by Gasteiger charge is 2.18. The highest BCUT2D eigenvalue weighted by Crippen LogP contribution is 2.31. The first-order valence-electron chi connectivity index (χ1n) is 9.69. The predicted octanol–water partition coefficient (Wildman–Crippen LogP) is 5.25. The van der Waals surface area contributed by atoms with Crippen LogP contribution in [0.4, 0.5) is 0 Å². The van der Waals surface area contributed by atoms with Gasteiger partial charge in [0.25, 0.3) is 0 Å². The van der Waals surface area contributed by atoms with E-state index in [4.69, 9.17) is 5.10 Å². The fourth-order valence-electron chi connectivity index (χ4n) is 3.17. The first-order chi connectivity index (χ1) is 12.9. The van der Waals surface area contributed by atoms with Gasteiger partial charge in [0.1, 0.15) is 11.4 Å². The van der Waals surface area contributed by atoms with Gasteiger partial charge in [0.2, 0.25) is 0 Å². The third-order valence-electron chi connectivity index (χ3n) is 4.74. The van der Waals surface area contributed by atoms with Crippen LogP contribution in [0.1, 0.15) is 65.1 Å². The van der Waals surface area contributed by atoms with Crippen molar-refractivity contribution >= 4 is 22.3 Å². The summed E-state index contributed by atoms with van der Waals surface area (Å²) < 4.78 is 2.02. The second kappa shape index (κ2) is 9.51. The van der Waals surface area contributed by atoms with Crippen molar-refractivity contribution in [2.75, 3.05) is 0 Å². The molecule has 2 rings (SSSR count). The molecule has 0 saturated carbocycles. The van der Waals surface area contributed by atoms with Gasteiger partial charge in [0.05, 0.1) is 23.0 Å². The number of fused-ring (bicyclic) bond motifs is 1. The Balaban J connectivity index is 2.56. The molecule has 0 amide bonds. The Hall–Kier alpha value is -2.40. The summed E-state index contributed by atoms with van der Waals surface area (Å²) in [5, 5.41) is 25.6. The third-order valence-corrected chi connectivity index (χ3v) is 4.74. The third kappa shape index (κ3) is 4.86. The van der Waals surface area contributed by atoms with E-state index in [9.17, 15) is 10.2 Å². The summed E-state index contributed by atoms with van der Waals surface area (Å²) in [6, 6.07) is 5.56. The van der Waals surface area contributed by atoms with E-state index < -0.39 is 6.10 Å². The summed E-state index contributed by atoms with van der Waals surface area (Å²) >= 11 is 0. The first kappa shape index (κ1) is 20.9. The topological polar surface area (TPSA) is 70.6 Å². The number of aliphatic hydroxyl groups excluding tert-OH is 1. The summed E-state index contributed by atoms with van der Waals surface area (Å²) in [6.07, 6.45) is 7.30. The van der Waals surface area contributed by atoms with E-state index in [-0.39, 0.29) is 11.8 Å². The standard InChI is InChI=1S/C22H31N3O2/c1-6-9-10-11-15(4)25-21-13-12-17(27)14-18(21)22(24-25)20(8-3)23-19(7-2)16(5)26/h7-8,12-16,26-27H,2,6,9-11H2,1,3-5H3/b20-8-,23-19?. The van der Waals surface area contributed by atoms with Crippen molar-refractivity contribution in [3.05, 3.63) is 42.6 Å². The van der Waals surface area contributed by atoms with E-state index in [0.717, 1.165) is 23.7 Å². The van der Waals surface area contributed by atoms with E-state index in [2.05, 4.69) is 25.4 Å². The zero-order valence-electron chi connectivity index (χ0n) is 16.8. The van der Waals surface area contributed by atoms with Crippen molar-refractivity contribution in [3.8, 4) is 5.75 Å². The average Bonchev–Trinajstić information content (AvgIpc) is 3.01. The normalized spacial score (nSPS) is 15.1. The Morgan fingerprint density at radius 2 is 2.07 bits per heavy atom. The molecule has 2 unspecified atom stereocenters. The van der Waals surface area contributed by atoms with E-state index in [1.54, 1.807) is 25.1 Å². The number of hydrogen-bond donors (Lipinski definition) is 2. The van der Waals surface area contributed by atoms with Crippen LogP contribution < -0.4 is 0 Å². The van der Waals surface area contributed by atoms with E-state index >= 15 is 0 Å². The highest BCUT2D eigenvalue weighted by molar-refractivity contribution is 6.02. The number of aliphatic hydroxyl groups is 1. The number of aromatic nitrogens is 2.